The normalized spacial score (nSPS) is 12.8. The molecule has 1 aromatic rings. The number of methoxy groups -OCH3 is 1. The van der Waals surface area contributed by atoms with Gasteiger partial charge in [0.1, 0.15) is 5.75 Å². The molecule has 104 valence electrons. The molecule has 0 aliphatic carbocycles. The SMILES string of the molecule is COc1cc([C@H](N)CCO)cc(C(F)(F)F)c1.Cl. The van der Waals surface area contributed by atoms with E-state index in [-0.39, 0.29) is 31.2 Å². The third kappa shape index (κ3) is 4.36. The molecule has 0 fully saturated rings. The number of aliphatic hydroxyl groups excluding tert-OH is 1. The van der Waals surface area contributed by atoms with Crippen LogP contribution in [0.15, 0.2) is 18.2 Å². The van der Waals surface area contributed by atoms with Gasteiger partial charge >= 0.3 is 6.18 Å². The molecule has 1 rings (SSSR count). The lowest BCUT2D eigenvalue weighted by Gasteiger charge is -2.15. The summed E-state index contributed by atoms with van der Waals surface area (Å²) in [5.74, 6) is 0.100. The maximum Gasteiger partial charge on any atom is 0.416 e. The standard InChI is InChI=1S/C11H14F3NO2.ClH/c1-17-9-5-7(10(15)2-3-16)4-8(6-9)11(12,13)14;/h4-6,10,16H,2-3,15H2,1H3;1H/t10-;/m1./s1. The molecule has 3 N–H and O–H groups in total. The van der Waals surface area contributed by atoms with Gasteiger partial charge in [-0.1, -0.05) is 0 Å². The van der Waals surface area contributed by atoms with Gasteiger partial charge in [-0.15, -0.1) is 12.4 Å². The summed E-state index contributed by atoms with van der Waals surface area (Å²) >= 11 is 0. The Bertz CT molecular complexity index is 385. The molecule has 1 atom stereocenters. The van der Waals surface area contributed by atoms with Crippen molar-refractivity contribution in [3.63, 3.8) is 0 Å². The highest BCUT2D eigenvalue weighted by Crippen LogP contribution is 2.34. The van der Waals surface area contributed by atoms with Gasteiger partial charge in [0, 0.05) is 12.6 Å². The van der Waals surface area contributed by atoms with E-state index in [4.69, 9.17) is 15.6 Å². The highest BCUT2D eigenvalue weighted by molar-refractivity contribution is 5.85. The quantitative estimate of drug-likeness (QED) is 0.894. The van der Waals surface area contributed by atoms with Crippen LogP contribution >= 0.6 is 12.4 Å². The number of hydrogen-bond acceptors (Lipinski definition) is 3. The second-order valence-electron chi connectivity index (χ2n) is 3.61. The maximum absolute atomic E-state index is 12.6. The molecule has 18 heavy (non-hydrogen) atoms. The first-order chi connectivity index (χ1) is 7.88. The zero-order valence-corrected chi connectivity index (χ0v) is 10.5. The Morgan fingerprint density at radius 2 is 1.94 bits per heavy atom. The largest absolute Gasteiger partial charge is 0.497 e. The minimum absolute atomic E-state index is 0. The van der Waals surface area contributed by atoms with Crippen molar-refractivity contribution >= 4 is 12.4 Å². The van der Waals surface area contributed by atoms with Crippen LogP contribution in [0.25, 0.3) is 0 Å². The predicted molar refractivity (Wildman–Crippen MR) is 63.9 cm³/mol. The Hall–Kier alpha value is -0.980. The van der Waals surface area contributed by atoms with Crippen molar-refractivity contribution in [3.05, 3.63) is 29.3 Å². The molecular formula is C11H15ClF3NO2. The van der Waals surface area contributed by atoms with Gasteiger partial charge < -0.3 is 15.6 Å². The van der Waals surface area contributed by atoms with Gasteiger partial charge in [0.2, 0.25) is 0 Å². The van der Waals surface area contributed by atoms with E-state index in [0.717, 1.165) is 12.1 Å². The second kappa shape index (κ2) is 6.82. The number of hydrogen-bond donors (Lipinski definition) is 2. The fraction of sp³-hybridized carbons (Fsp3) is 0.455. The second-order valence-corrected chi connectivity index (χ2v) is 3.61. The van der Waals surface area contributed by atoms with E-state index in [2.05, 4.69) is 0 Å². The van der Waals surface area contributed by atoms with E-state index in [1.807, 2.05) is 0 Å². The van der Waals surface area contributed by atoms with Crippen molar-refractivity contribution < 1.29 is 23.0 Å². The number of nitrogens with two attached hydrogens (primary N) is 1. The zero-order chi connectivity index (χ0) is 13.1. The molecule has 7 heteroatoms. The van der Waals surface area contributed by atoms with Gasteiger partial charge in [-0.3, -0.25) is 0 Å². The van der Waals surface area contributed by atoms with Crippen LogP contribution in [-0.2, 0) is 6.18 Å². The summed E-state index contributed by atoms with van der Waals surface area (Å²) in [6, 6.07) is 2.68. The van der Waals surface area contributed by atoms with Crippen LogP contribution in [0.1, 0.15) is 23.6 Å². The number of rotatable bonds is 4. The average Bonchev–Trinajstić information content (AvgIpc) is 2.27. The lowest BCUT2D eigenvalue weighted by molar-refractivity contribution is -0.137. The summed E-state index contributed by atoms with van der Waals surface area (Å²) in [5.41, 5.74) is 5.15. The smallest absolute Gasteiger partial charge is 0.416 e. The van der Waals surface area contributed by atoms with Gasteiger partial charge in [0.05, 0.1) is 12.7 Å². The minimum atomic E-state index is -4.44. The first-order valence-corrected chi connectivity index (χ1v) is 5.01. The Labute approximate surface area is 109 Å². The van der Waals surface area contributed by atoms with Crippen LogP contribution in [-0.4, -0.2) is 18.8 Å². The monoisotopic (exact) mass is 285 g/mol. The van der Waals surface area contributed by atoms with Crippen molar-refractivity contribution in [3.8, 4) is 5.75 Å². The van der Waals surface area contributed by atoms with E-state index >= 15 is 0 Å². The van der Waals surface area contributed by atoms with Gasteiger partial charge in [-0.2, -0.15) is 13.2 Å². The Balaban J connectivity index is 0.00000289. The van der Waals surface area contributed by atoms with Crippen LogP contribution < -0.4 is 10.5 Å². The molecule has 0 radical (unpaired) electrons. The number of benzene rings is 1. The van der Waals surface area contributed by atoms with Crippen LogP contribution in [0.5, 0.6) is 5.75 Å². The molecule has 0 aliphatic rings. The van der Waals surface area contributed by atoms with Crippen molar-refractivity contribution in [1.82, 2.24) is 0 Å². The van der Waals surface area contributed by atoms with Gasteiger partial charge in [-0.25, -0.2) is 0 Å². The molecule has 0 spiro atoms. The van der Waals surface area contributed by atoms with Crippen LogP contribution in [0.3, 0.4) is 0 Å². The summed E-state index contributed by atoms with van der Waals surface area (Å²) in [4.78, 5) is 0. The molecule has 3 nitrogen and oxygen atoms in total. The maximum atomic E-state index is 12.6. The third-order valence-electron chi connectivity index (χ3n) is 2.36. The lowest BCUT2D eigenvalue weighted by Crippen LogP contribution is -2.14. The summed E-state index contributed by atoms with van der Waals surface area (Å²) in [6.07, 6.45) is -4.24. The Kier molecular flexibility index (Phi) is 6.45. The van der Waals surface area contributed by atoms with Crippen molar-refractivity contribution in [2.75, 3.05) is 13.7 Å². The average molecular weight is 286 g/mol. The number of alkyl halides is 3. The molecule has 0 unspecified atom stereocenters. The fourth-order valence-corrected chi connectivity index (χ4v) is 1.42. The lowest BCUT2D eigenvalue weighted by atomic mass is 10.0. The molecule has 0 aliphatic heterocycles. The minimum Gasteiger partial charge on any atom is -0.497 e. The molecule has 0 amide bonds. The molecule has 0 saturated carbocycles. The van der Waals surface area contributed by atoms with E-state index < -0.39 is 17.8 Å². The summed E-state index contributed by atoms with van der Waals surface area (Å²) < 4.78 is 42.6. The van der Waals surface area contributed by atoms with E-state index in [0.29, 0.717) is 5.56 Å². The zero-order valence-electron chi connectivity index (χ0n) is 9.70. The first-order valence-electron chi connectivity index (χ1n) is 5.01. The molecule has 0 heterocycles. The topological polar surface area (TPSA) is 55.5 Å². The van der Waals surface area contributed by atoms with E-state index in [9.17, 15) is 13.2 Å². The van der Waals surface area contributed by atoms with E-state index in [1.165, 1.54) is 13.2 Å². The van der Waals surface area contributed by atoms with E-state index in [1.54, 1.807) is 0 Å². The predicted octanol–water partition coefficient (Wildman–Crippen LogP) is 2.52. The van der Waals surface area contributed by atoms with Crippen LogP contribution in [0.2, 0.25) is 0 Å². The van der Waals surface area contributed by atoms with Crippen molar-refractivity contribution in [1.29, 1.82) is 0 Å². The Morgan fingerprint density at radius 1 is 1.33 bits per heavy atom. The number of ether oxygens (including phenoxy) is 1. The molecule has 0 aromatic heterocycles. The summed E-state index contributed by atoms with van der Waals surface area (Å²) in [5, 5.41) is 8.72. The number of aliphatic hydroxyl groups is 1. The highest BCUT2D eigenvalue weighted by Gasteiger charge is 2.31. The van der Waals surface area contributed by atoms with Crippen molar-refractivity contribution in [2.45, 2.75) is 18.6 Å². The third-order valence-corrected chi connectivity index (χ3v) is 2.36. The van der Waals surface area contributed by atoms with Crippen LogP contribution in [0, 0.1) is 0 Å². The van der Waals surface area contributed by atoms with Crippen LogP contribution in [0.4, 0.5) is 13.2 Å². The summed E-state index contributed by atoms with van der Waals surface area (Å²) in [6.45, 7) is -0.181. The summed E-state index contributed by atoms with van der Waals surface area (Å²) in [7, 11) is 1.29. The Morgan fingerprint density at radius 3 is 2.39 bits per heavy atom. The fourth-order valence-electron chi connectivity index (χ4n) is 1.42. The van der Waals surface area contributed by atoms with Gasteiger partial charge in [0.15, 0.2) is 0 Å². The molecular weight excluding hydrogens is 271 g/mol. The molecule has 0 saturated heterocycles. The molecule has 1 aromatic carbocycles. The van der Waals surface area contributed by atoms with Gasteiger partial charge in [0.25, 0.3) is 0 Å². The number of halogens is 4. The van der Waals surface area contributed by atoms with Gasteiger partial charge in [-0.05, 0) is 30.2 Å². The molecule has 0 bridgehead atoms. The highest BCUT2D eigenvalue weighted by atomic mass is 35.5. The van der Waals surface area contributed by atoms with Crippen molar-refractivity contribution in [2.24, 2.45) is 5.73 Å². The first kappa shape index (κ1) is 17.0.